The topological polar surface area (TPSA) is 94.2 Å². The fourth-order valence-electron chi connectivity index (χ4n) is 3.99. The van der Waals surface area contributed by atoms with Crippen molar-refractivity contribution in [3.63, 3.8) is 0 Å². The summed E-state index contributed by atoms with van der Waals surface area (Å²) in [5.74, 6) is -0.261. The van der Waals surface area contributed by atoms with E-state index in [1.54, 1.807) is 31.3 Å². The highest BCUT2D eigenvalue weighted by Crippen LogP contribution is 2.18. The smallest absolute Gasteiger partial charge is 0.325 e. The van der Waals surface area contributed by atoms with Gasteiger partial charge in [-0.25, -0.2) is 18.5 Å². The van der Waals surface area contributed by atoms with Gasteiger partial charge in [-0.15, -0.1) is 0 Å². The van der Waals surface area contributed by atoms with Crippen LogP contribution in [-0.2, 0) is 6.54 Å². The van der Waals surface area contributed by atoms with Crippen molar-refractivity contribution in [1.82, 2.24) is 19.1 Å². The lowest BCUT2D eigenvalue weighted by Gasteiger charge is -2.18. The molecule has 0 saturated heterocycles. The highest BCUT2D eigenvalue weighted by atomic mass is 19.1. The van der Waals surface area contributed by atoms with Gasteiger partial charge in [0.05, 0.1) is 24.1 Å². The Morgan fingerprint density at radius 2 is 1.92 bits per heavy atom. The highest BCUT2D eigenvalue weighted by molar-refractivity contribution is 6.12. The number of nitrogens with one attached hydrogen (secondary N) is 1. The van der Waals surface area contributed by atoms with Crippen molar-refractivity contribution in [2.75, 3.05) is 5.32 Å². The molecule has 8 nitrogen and oxygen atoms in total. The fraction of sp³-hybridized carbons (Fsp3) is 0.250. The van der Waals surface area contributed by atoms with Gasteiger partial charge in [-0.05, 0) is 87.2 Å². The molecule has 2 aromatic heterocycles. The standard InChI is InChI=1S/C28H29FN6O2/c1-6-21-13-22(8-10-25(21)31-17(2)3)32-26-33-27(36)35(23-11-18(4)14-30-15-23)28(37)34(26)16-20-7-9-24(29)19(5)12-20/h6-15,17H,16H2,1-5H3,(H,32,33,36)/b21-6-,31-25?. The van der Waals surface area contributed by atoms with E-state index in [1.807, 2.05) is 52.0 Å². The van der Waals surface area contributed by atoms with Crippen molar-refractivity contribution in [2.24, 2.45) is 4.99 Å². The summed E-state index contributed by atoms with van der Waals surface area (Å²) in [4.78, 5) is 39.7. The summed E-state index contributed by atoms with van der Waals surface area (Å²) in [6.07, 6.45) is 10.6. The number of anilines is 1. The lowest BCUT2D eigenvalue weighted by atomic mass is 10.0. The van der Waals surface area contributed by atoms with Crippen molar-refractivity contribution in [3.05, 3.63) is 116 Å². The van der Waals surface area contributed by atoms with Crippen molar-refractivity contribution in [1.29, 1.82) is 0 Å². The van der Waals surface area contributed by atoms with Crippen molar-refractivity contribution >= 4 is 11.7 Å². The van der Waals surface area contributed by atoms with Crippen LogP contribution in [0.15, 0.2) is 86.8 Å². The van der Waals surface area contributed by atoms with Gasteiger partial charge in [0.2, 0.25) is 5.95 Å². The Morgan fingerprint density at radius 3 is 2.59 bits per heavy atom. The monoisotopic (exact) mass is 500 g/mol. The third-order valence-electron chi connectivity index (χ3n) is 5.74. The number of hydrogen-bond donors (Lipinski definition) is 1. The summed E-state index contributed by atoms with van der Waals surface area (Å²) in [5.41, 5.74) is 3.32. The minimum absolute atomic E-state index is 0.0718. The largest absolute Gasteiger partial charge is 0.359 e. The maximum Gasteiger partial charge on any atom is 0.359 e. The van der Waals surface area contributed by atoms with E-state index in [9.17, 15) is 14.0 Å². The molecule has 0 amide bonds. The summed E-state index contributed by atoms with van der Waals surface area (Å²) in [6, 6.07) is 6.46. The number of aromatic nitrogens is 4. The minimum Gasteiger partial charge on any atom is -0.325 e. The average Bonchev–Trinajstić information content (AvgIpc) is 2.84. The molecule has 1 aromatic carbocycles. The number of hydrogen-bond acceptors (Lipinski definition) is 6. The van der Waals surface area contributed by atoms with Crippen molar-refractivity contribution < 1.29 is 4.39 Å². The summed E-state index contributed by atoms with van der Waals surface area (Å²) < 4.78 is 16.2. The number of benzene rings is 1. The predicted molar refractivity (Wildman–Crippen MR) is 144 cm³/mol. The molecule has 3 aromatic rings. The second-order valence-corrected chi connectivity index (χ2v) is 9.14. The first kappa shape index (κ1) is 25.7. The molecule has 1 N–H and O–H groups in total. The number of aryl methyl sites for hydroxylation is 2. The van der Waals surface area contributed by atoms with Gasteiger partial charge in [0.1, 0.15) is 5.82 Å². The third kappa shape index (κ3) is 5.72. The maximum atomic E-state index is 13.9. The number of halogens is 1. The maximum absolute atomic E-state index is 13.9. The Balaban J connectivity index is 1.83. The molecule has 2 heterocycles. The molecular weight excluding hydrogens is 471 g/mol. The molecule has 0 bridgehead atoms. The molecule has 37 heavy (non-hydrogen) atoms. The van der Waals surface area contributed by atoms with Gasteiger partial charge in [0.25, 0.3) is 0 Å². The Hall–Kier alpha value is -4.40. The van der Waals surface area contributed by atoms with E-state index in [0.29, 0.717) is 22.5 Å². The lowest BCUT2D eigenvalue weighted by molar-refractivity contribution is 0.614. The van der Waals surface area contributed by atoms with Gasteiger partial charge >= 0.3 is 11.4 Å². The molecule has 0 fully saturated rings. The van der Waals surface area contributed by atoms with Crippen LogP contribution in [0.25, 0.3) is 5.69 Å². The van der Waals surface area contributed by atoms with Crippen molar-refractivity contribution in [3.8, 4) is 5.69 Å². The van der Waals surface area contributed by atoms with Gasteiger partial charge < -0.3 is 5.32 Å². The Labute approximate surface area is 214 Å². The van der Waals surface area contributed by atoms with Gasteiger partial charge in [-0.2, -0.15) is 4.98 Å². The summed E-state index contributed by atoms with van der Waals surface area (Å²) >= 11 is 0. The van der Waals surface area contributed by atoms with Crippen LogP contribution in [0.3, 0.4) is 0 Å². The van der Waals surface area contributed by atoms with E-state index in [-0.39, 0.29) is 24.4 Å². The molecule has 0 atom stereocenters. The van der Waals surface area contributed by atoms with E-state index in [2.05, 4.69) is 20.3 Å². The predicted octanol–water partition coefficient (Wildman–Crippen LogP) is 4.25. The quantitative estimate of drug-likeness (QED) is 0.546. The molecule has 0 saturated carbocycles. The zero-order chi connectivity index (χ0) is 26.7. The van der Waals surface area contributed by atoms with E-state index in [1.165, 1.54) is 16.8 Å². The highest BCUT2D eigenvalue weighted by Gasteiger charge is 2.18. The number of pyridine rings is 1. The molecular formula is C28H29FN6O2. The van der Waals surface area contributed by atoms with Crippen LogP contribution in [0.1, 0.15) is 37.5 Å². The third-order valence-corrected chi connectivity index (χ3v) is 5.74. The zero-order valence-corrected chi connectivity index (χ0v) is 21.5. The molecule has 9 heteroatoms. The first-order valence-corrected chi connectivity index (χ1v) is 12.0. The number of aliphatic imine (C=N–C) groups is 1. The Bertz CT molecular complexity index is 1590. The SMILES string of the molecule is C/C=C1/C=C(Nc2nc(=O)n(-c3cncc(C)c3)c(=O)n2Cc2ccc(F)c(C)c2)C=CC1=NC(C)C. The van der Waals surface area contributed by atoms with Crippen LogP contribution < -0.4 is 16.7 Å². The lowest BCUT2D eigenvalue weighted by Crippen LogP contribution is -2.42. The van der Waals surface area contributed by atoms with Gasteiger partial charge in [0.15, 0.2) is 0 Å². The van der Waals surface area contributed by atoms with Gasteiger partial charge in [-0.1, -0.05) is 18.2 Å². The molecule has 0 radical (unpaired) electrons. The Morgan fingerprint density at radius 1 is 1.14 bits per heavy atom. The number of nitrogens with zero attached hydrogens (tertiary/aromatic N) is 5. The number of rotatable bonds is 6. The van der Waals surface area contributed by atoms with E-state index in [0.717, 1.165) is 21.4 Å². The van der Waals surface area contributed by atoms with Crippen molar-refractivity contribution in [2.45, 2.75) is 47.2 Å². The minimum atomic E-state index is -0.736. The summed E-state index contributed by atoms with van der Waals surface area (Å²) in [5, 5.41) is 3.13. The normalized spacial score (nSPS) is 15.5. The first-order chi connectivity index (χ1) is 17.7. The molecule has 0 unspecified atom stereocenters. The molecule has 4 rings (SSSR count). The van der Waals surface area contributed by atoms with Crippen LogP contribution in [0.5, 0.6) is 0 Å². The molecule has 0 aliphatic heterocycles. The number of allylic oxidation sites excluding steroid dienone is 5. The second kappa shape index (κ2) is 10.7. The van der Waals surface area contributed by atoms with Crippen LogP contribution in [0.4, 0.5) is 10.3 Å². The second-order valence-electron chi connectivity index (χ2n) is 9.14. The van der Waals surface area contributed by atoms with Gasteiger partial charge in [-0.3, -0.25) is 14.5 Å². The summed E-state index contributed by atoms with van der Waals surface area (Å²) in [7, 11) is 0. The molecule has 0 spiro atoms. The first-order valence-electron chi connectivity index (χ1n) is 12.0. The molecule has 190 valence electrons. The van der Waals surface area contributed by atoms with E-state index >= 15 is 0 Å². The van der Waals surface area contributed by atoms with Gasteiger partial charge in [0, 0.05) is 17.9 Å². The van der Waals surface area contributed by atoms with Crippen LogP contribution in [0, 0.1) is 19.7 Å². The molecule has 1 aliphatic carbocycles. The zero-order valence-electron chi connectivity index (χ0n) is 21.5. The fourth-order valence-corrected chi connectivity index (χ4v) is 3.99. The molecule has 1 aliphatic rings. The Kier molecular flexibility index (Phi) is 7.42. The van der Waals surface area contributed by atoms with Crippen LogP contribution in [-0.4, -0.2) is 30.9 Å². The summed E-state index contributed by atoms with van der Waals surface area (Å²) in [6.45, 7) is 9.48. The van der Waals surface area contributed by atoms with E-state index < -0.39 is 11.4 Å². The van der Waals surface area contributed by atoms with Crippen LogP contribution in [0.2, 0.25) is 0 Å². The average molecular weight is 501 g/mol. The van der Waals surface area contributed by atoms with E-state index in [4.69, 9.17) is 0 Å². The van der Waals surface area contributed by atoms with Crippen LogP contribution >= 0.6 is 0 Å².